The smallest absolute Gasteiger partial charge is 0.196 e. The zero-order chi connectivity index (χ0) is 13.3. The standard InChI is InChI=1S/C12H15NO3S2/c1-3-8-6-9(7(2)13-12(8)14)10-4-5-11(17-10)18(15)16/h4-6,12-14H,3H2,1-2H3,(H,15,16). The minimum atomic E-state index is -1.94. The fourth-order valence-corrected chi connectivity index (χ4v) is 3.41. The van der Waals surface area contributed by atoms with E-state index in [-0.39, 0.29) is 0 Å². The van der Waals surface area contributed by atoms with Crippen molar-refractivity contribution in [2.75, 3.05) is 0 Å². The molecule has 0 aromatic carbocycles. The van der Waals surface area contributed by atoms with Crippen LogP contribution in [0.1, 0.15) is 25.1 Å². The minimum absolute atomic E-state index is 0.433. The third-order valence-electron chi connectivity index (χ3n) is 2.87. The Kier molecular flexibility index (Phi) is 4.01. The lowest BCUT2D eigenvalue weighted by Gasteiger charge is -2.24. The SMILES string of the molecule is CCC1=CC(c2ccc(S(=O)O)s2)=C(C)NC1O. The van der Waals surface area contributed by atoms with E-state index in [1.54, 1.807) is 6.07 Å². The minimum Gasteiger partial charge on any atom is -0.370 e. The van der Waals surface area contributed by atoms with Crippen LogP contribution in [-0.2, 0) is 11.1 Å². The van der Waals surface area contributed by atoms with Crippen molar-refractivity contribution >= 4 is 28.0 Å². The van der Waals surface area contributed by atoms with Crippen molar-refractivity contribution in [1.82, 2.24) is 5.32 Å². The lowest BCUT2D eigenvalue weighted by Crippen LogP contribution is -2.32. The van der Waals surface area contributed by atoms with Gasteiger partial charge < -0.3 is 15.0 Å². The molecule has 1 aromatic heterocycles. The van der Waals surface area contributed by atoms with Crippen molar-refractivity contribution in [3.05, 3.63) is 34.4 Å². The second kappa shape index (κ2) is 5.36. The second-order valence-corrected chi connectivity index (χ2v) is 6.31. The van der Waals surface area contributed by atoms with Crippen LogP contribution in [0, 0.1) is 0 Å². The number of aliphatic hydroxyl groups excluding tert-OH is 1. The molecule has 0 spiro atoms. The normalized spacial score (nSPS) is 21.6. The van der Waals surface area contributed by atoms with Crippen LogP contribution < -0.4 is 5.32 Å². The van der Waals surface area contributed by atoms with Gasteiger partial charge in [0.25, 0.3) is 0 Å². The fraction of sp³-hybridized carbons (Fsp3) is 0.333. The molecule has 18 heavy (non-hydrogen) atoms. The quantitative estimate of drug-likeness (QED) is 0.745. The van der Waals surface area contributed by atoms with E-state index >= 15 is 0 Å². The molecule has 1 aromatic rings. The van der Waals surface area contributed by atoms with E-state index in [2.05, 4.69) is 5.32 Å². The maximum absolute atomic E-state index is 11.0. The summed E-state index contributed by atoms with van der Waals surface area (Å²) in [6.07, 6.45) is 2.08. The molecule has 2 atom stereocenters. The van der Waals surface area contributed by atoms with Crippen molar-refractivity contribution in [2.24, 2.45) is 0 Å². The number of aliphatic hydroxyl groups is 1. The molecule has 0 aliphatic carbocycles. The second-order valence-electron chi connectivity index (χ2n) is 4.03. The summed E-state index contributed by atoms with van der Waals surface area (Å²) < 4.78 is 20.5. The molecule has 2 unspecified atom stereocenters. The van der Waals surface area contributed by atoms with Gasteiger partial charge in [0.15, 0.2) is 11.1 Å². The first-order valence-corrected chi connectivity index (χ1v) is 7.52. The topological polar surface area (TPSA) is 69.6 Å². The summed E-state index contributed by atoms with van der Waals surface area (Å²) in [6.45, 7) is 3.87. The largest absolute Gasteiger partial charge is 0.370 e. The van der Waals surface area contributed by atoms with Gasteiger partial charge in [-0.05, 0) is 37.1 Å². The van der Waals surface area contributed by atoms with Crippen molar-refractivity contribution in [3.63, 3.8) is 0 Å². The number of hydrogen-bond acceptors (Lipinski definition) is 4. The zero-order valence-corrected chi connectivity index (χ0v) is 11.8. The Morgan fingerprint density at radius 1 is 1.50 bits per heavy atom. The predicted octanol–water partition coefficient (Wildman–Crippen LogP) is 2.32. The third kappa shape index (κ3) is 2.56. The Morgan fingerprint density at radius 2 is 2.22 bits per heavy atom. The average Bonchev–Trinajstić information content (AvgIpc) is 2.78. The molecule has 0 radical (unpaired) electrons. The van der Waals surface area contributed by atoms with E-state index < -0.39 is 17.3 Å². The molecule has 4 nitrogen and oxygen atoms in total. The fourth-order valence-electron chi connectivity index (χ4n) is 1.86. The zero-order valence-electron chi connectivity index (χ0n) is 10.1. The summed E-state index contributed by atoms with van der Waals surface area (Å²) in [7, 11) is 0. The van der Waals surface area contributed by atoms with Gasteiger partial charge in [0.2, 0.25) is 0 Å². The number of thiophene rings is 1. The highest BCUT2D eigenvalue weighted by Crippen LogP contribution is 2.32. The molecule has 0 fully saturated rings. The Bertz CT molecular complexity index is 545. The van der Waals surface area contributed by atoms with E-state index in [9.17, 15) is 9.32 Å². The summed E-state index contributed by atoms with van der Waals surface area (Å²) in [5.41, 5.74) is 2.76. The number of dihydropyridines is 1. The highest BCUT2D eigenvalue weighted by Gasteiger charge is 2.19. The monoisotopic (exact) mass is 285 g/mol. The Hall–Kier alpha value is -0.950. The molecule has 1 aliphatic heterocycles. The summed E-state index contributed by atoms with van der Waals surface area (Å²) in [5.74, 6) is 0. The molecule has 2 rings (SSSR count). The van der Waals surface area contributed by atoms with Crippen LogP contribution in [0.4, 0.5) is 0 Å². The molecule has 3 N–H and O–H groups in total. The molecule has 0 bridgehead atoms. The molecular weight excluding hydrogens is 270 g/mol. The van der Waals surface area contributed by atoms with Crippen LogP contribution in [0.25, 0.3) is 5.57 Å². The number of rotatable bonds is 3. The van der Waals surface area contributed by atoms with Crippen LogP contribution in [0.15, 0.2) is 33.7 Å². The first-order chi connectivity index (χ1) is 8.52. The van der Waals surface area contributed by atoms with Crippen molar-refractivity contribution in [3.8, 4) is 0 Å². The van der Waals surface area contributed by atoms with E-state index in [0.29, 0.717) is 4.21 Å². The van der Waals surface area contributed by atoms with Gasteiger partial charge in [-0.2, -0.15) is 0 Å². The van der Waals surface area contributed by atoms with Gasteiger partial charge in [0.1, 0.15) is 10.4 Å². The molecule has 0 amide bonds. The van der Waals surface area contributed by atoms with Crippen LogP contribution in [-0.4, -0.2) is 20.1 Å². The highest BCUT2D eigenvalue weighted by molar-refractivity contribution is 7.81. The molecule has 0 saturated carbocycles. The summed E-state index contributed by atoms with van der Waals surface area (Å²) in [6, 6.07) is 3.48. The number of nitrogens with one attached hydrogen (secondary N) is 1. The van der Waals surface area contributed by atoms with E-state index in [4.69, 9.17) is 4.55 Å². The Labute approximate surface area is 112 Å². The maximum Gasteiger partial charge on any atom is 0.196 e. The van der Waals surface area contributed by atoms with Gasteiger partial charge in [-0.3, -0.25) is 0 Å². The number of hydrogen-bond donors (Lipinski definition) is 3. The van der Waals surface area contributed by atoms with E-state index in [0.717, 1.165) is 28.1 Å². The average molecular weight is 285 g/mol. The van der Waals surface area contributed by atoms with Gasteiger partial charge in [-0.25, -0.2) is 4.21 Å². The molecule has 6 heteroatoms. The van der Waals surface area contributed by atoms with Crippen LogP contribution in [0.3, 0.4) is 0 Å². The molecular formula is C12H15NO3S2. The summed E-state index contributed by atoms with van der Waals surface area (Å²) in [4.78, 5) is 0.926. The van der Waals surface area contributed by atoms with Gasteiger partial charge in [0.05, 0.1) is 0 Å². The Morgan fingerprint density at radius 3 is 2.78 bits per heavy atom. The first-order valence-electron chi connectivity index (χ1n) is 5.60. The third-order valence-corrected chi connectivity index (χ3v) is 4.94. The lowest BCUT2D eigenvalue weighted by molar-refractivity contribution is 0.180. The van der Waals surface area contributed by atoms with Gasteiger partial charge >= 0.3 is 0 Å². The van der Waals surface area contributed by atoms with Gasteiger partial charge in [-0.15, -0.1) is 11.3 Å². The van der Waals surface area contributed by atoms with Gasteiger partial charge in [0, 0.05) is 16.1 Å². The predicted molar refractivity (Wildman–Crippen MR) is 73.5 cm³/mol. The van der Waals surface area contributed by atoms with Crippen LogP contribution in [0.5, 0.6) is 0 Å². The first kappa shape index (κ1) is 13.5. The Balaban J connectivity index is 2.39. The van der Waals surface area contributed by atoms with E-state index in [1.165, 1.54) is 11.3 Å². The summed E-state index contributed by atoms with van der Waals surface area (Å²) in [5, 5.41) is 12.8. The lowest BCUT2D eigenvalue weighted by atomic mass is 10.0. The molecule has 2 heterocycles. The molecule has 0 saturated heterocycles. The van der Waals surface area contributed by atoms with E-state index in [1.807, 2.05) is 26.0 Å². The maximum atomic E-state index is 11.0. The van der Waals surface area contributed by atoms with Gasteiger partial charge in [-0.1, -0.05) is 6.92 Å². The highest BCUT2D eigenvalue weighted by atomic mass is 32.2. The summed E-state index contributed by atoms with van der Waals surface area (Å²) >= 11 is -0.645. The molecule has 1 aliphatic rings. The van der Waals surface area contributed by atoms with Crippen molar-refractivity contribution < 1.29 is 13.9 Å². The van der Waals surface area contributed by atoms with Crippen molar-refractivity contribution in [2.45, 2.75) is 30.7 Å². The van der Waals surface area contributed by atoms with Crippen LogP contribution >= 0.6 is 11.3 Å². The van der Waals surface area contributed by atoms with Crippen LogP contribution in [0.2, 0.25) is 0 Å². The number of allylic oxidation sites excluding steroid dienone is 3. The molecule has 98 valence electrons. The van der Waals surface area contributed by atoms with Crippen molar-refractivity contribution in [1.29, 1.82) is 0 Å².